The SMILES string of the molecule is CCOC(=O)COc1cc(OC)ccc1C=C(C(C)=O)C(=O)OC. The van der Waals surface area contributed by atoms with E-state index in [0.717, 1.165) is 0 Å². The van der Waals surface area contributed by atoms with E-state index in [2.05, 4.69) is 4.74 Å². The van der Waals surface area contributed by atoms with E-state index in [9.17, 15) is 14.4 Å². The van der Waals surface area contributed by atoms with E-state index < -0.39 is 17.7 Å². The van der Waals surface area contributed by atoms with Crippen LogP contribution in [0.1, 0.15) is 19.4 Å². The molecule has 0 aliphatic heterocycles. The van der Waals surface area contributed by atoms with Gasteiger partial charge in [-0.15, -0.1) is 0 Å². The fourth-order valence-corrected chi connectivity index (χ4v) is 1.79. The number of benzene rings is 1. The van der Waals surface area contributed by atoms with Gasteiger partial charge in [0.25, 0.3) is 0 Å². The summed E-state index contributed by atoms with van der Waals surface area (Å²) in [5.74, 6) is -0.975. The second kappa shape index (κ2) is 9.34. The smallest absolute Gasteiger partial charge is 0.344 e. The standard InChI is InChI=1S/C17H20O7/c1-5-23-16(19)10-24-15-9-13(21-3)7-6-12(15)8-14(11(2)18)17(20)22-4/h6-9H,5,10H2,1-4H3. The van der Waals surface area contributed by atoms with Crippen LogP contribution in [0.5, 0.6) is 11.5 Å². The van der Waals surface area contributed by atoms with Crippen LogP contribution in [0.3, 0.4) is 0 Å². The van der Waals surface area contributed by atoms with Crippen LogP contribution in [0.15, 0.2) is 23.8 Å². The highest BCUT2D eigenvalue weighted by Crippen LogP contribution is 2.27. The normalized spacial score (nSPS) is 10.8. The third-order valence-corrected chi connectivity index (χ3v) is 2.96. The van der Waals surface area contributed by atoms with Crippen LogP contribution in [-0.4, -0.2) is 45.2 Å². The first kappa shape index (κ1) is 19.2. The van der Waals surface area contributed by atoms with Gasteiger partial charge in [-0.1, -0.05) is 0 Å². The lowest BCUT2D eigenvalue weighted by Crippen LogP contribution is -2.15. The molecular weight excluding hydrogens is 316 g/mol. The van der Waals surface area contributed by atoms with Crippen molar-refractivity contribution in [3.8, 4) is 11.5 Å². The largest absolute Gasteiger partial charge is 0.497 e. The highest BCUT2D eigenvalue weighted by Gasteiger charge is 2.17. The van der Waals surface area contributed by atoms with Crippen molar-refractivity contribution in [2.45, 2.75) is 13.8 Å². The molecule has 0 spiro atoms. The summed E-state index contributed by atoms with van der Waals surface area (Å²) in [6.45, 7) is 2.87. The maximum Gasteiger partial charge on any atom is 0.344 e. The van der Waals surface area contributed by atoms with E-state index in [1.165, 1.54) is 27.2 Å². The van der Waals surface area contributed by atoms with Crippen LogP contribution in [0.4, 0.5) is 0 Å². The molecule has 1 rings (SSSR count). The number of esters is 2. The number of ether oxygens (including phenoxy) is 4. The van der Waals surface area contributed by atoms with E-state index >= 15 is 0 Å². The molecule has 7 nitrogen and oxygen atoms in total. The molecule has 0 amide bonds. The molecule has 0 aromatic heterocycles. The number of Topliss-reactive ketones (excluding diaryl/α,β-unsaturated/α-hetero) is 1. The van der Waals surface area contributed by atoms with Gasteiger partial charge in [-0.3, -0.25) is 4.79 Å². The van der Waals surface area contributed by atoms with Gasteiger partial charge in [-0.25, -0.2) is 9.59 Å². The van der Waals surface area contributed by atoms with Crippen LogP contribution in [0.25, 0.3) is 6.08 Å². The van der Waals surface area contributed by atoms with Gasteiger partial charge in [-0.2, -0.15) is 0 Å². The molecule has 0 fully saturated rings. The average molecular weight is 336 g/mol. The van der Waals surface area contributed by atoms with Gasteiger partial charge in [0.15, 0.2) is 12.4 Å². The summed E-state index contributed by atoms with van der Waals surface area (Å²) in [7, 11) is 2.67. The Morgan fingerprint density at radius 1 is 1.17 bits per heavy atom. The van der Waals surface area contributed by atoms with Crippen LogP contribution >= 0.6 is 0 Å². The minimum Gasteiger partial charge on any atom is -0.497 e. The van der Waals surface area contributed by atoms with Gasteiger partial charge in [0, 0.05) is 11.6 Å². The zero-order valence-corrected chi connectivity index (χ0v) is 14.1. The molecule has 0 aliphatic rings. The molecule has 130 valence electrons. The Balaban J connectivity index is 3.18. The number of carbonyl (C=O) groups is 3. The van der Waals surface area contributed by atoms with E-state index in [1.54, 1.807) is 25.1 Å². The maximum atomic E-state index is 11.7. The highest BCUT2D eigenvalue weighted by molar-refractivity contribution is 6.19. The molecule has 0 saturated carbocycles. The molecule has 0 radical (unpaired) electrons. The fourth-order valence-electron chi connectivity index (χ4n) is 1.79. The molecule has 0 atom stereocenters. The minimum atomic E-state index is -0.755. The highest BCUT2D eigenvalue weighted by atomic mass is 16.6. The average Bonchev–Trinajstić information content (AvgIpc) is 2.57. The minimum absolute atomic E-state index is 0.136. The third-order valence-electron chi connectivity index (χ3n) is 2.96. The zero-order chi connectivity index (χ0) is 18.1. The lowest BCUT2D eigenvalue weighted by Gasteiger charge is -2.11. The molecule has 0 aliphatic carbocycles. The van der Waals surface area contributed by atoms with Crippen LogP contribution < -0.4 is 9.47 Å². The monoisotopic (exact) mass is 336 g/mol. The second-order valence-corrected chi connectivity index (χ2v) is 4.60. The molecule has 0 N–H and O–H groups in total. The fraction of sp³-hybridized carbons (Fsp3) is 0.353. The molecule has 0 unspecified atom stereocenters. The molecule has 24 heavy (non-hydrogen) atoms. The zero-order valence-electron chi connectivity index (χ0n) is 14.1. The van der Waals surface area contributed by atoms with Gasteiger partial charge in [0.1, 0.15) is 17.1 Å². The van der Waals surface area contributed by atoms with E-state index in [0.29, 0.717) is 11.3 Å². The first-order valence-electron chi connectivity index (χ1n) is 7.20. The van der Waals surface area contributed by atoms with Gasteiger partial charge >= 0.3 is 11.9 Å². The summed E-state index contributed by atoms with van der Waals surface area (Å²) >= 11 is 0. The third kappa shape index (κ3) is 5.42. The van der Waals surface area contributed by atoms with Crippen molar-refractivity contribution in [3.05, 3.63) is 29.3 Å². The predicted molar refractivity (Wildman–Crippen MR) is 85.8 cm³/mol. The summed E-state index contributed by atoms with van der Waals surface area (Å²) in [5, 5.41) is 0. The van der Waals surface area contributed by atoms with Crippen LogP contribution in [-0.2, 0) is 23.9 Å². The molecule has 0 saturated heterocycles. The summed E-state index contributed by atoms with van der Waals surface area (Å²) in [6.07, 6.45) is 1.34. The number of methoxy groups -OCH3 is 2. The van der Waals surface area contributed by atoms with Crippen molar-refractivity contribution in [3.63, 3.8) is 0 Å². The van der Waals surface area contributed by atoms with Crippen LogP contribution in [0.2, 0.25) is 0 Å². The van der Waals surface area contributed by atoms with Crippen molar-refractivity contribution in [2.75, 3.05) is 27.4 Å². The number of ketones is 1. The maximum absolute atomic E-state index is 11.7. The number of hydrogen-bond donors (Lipinski definition) is 0. The molecule has 1 aromatic carbocycles. The Kier molecular flexibility index (Phi) is 7.48. The number of carbonyl (C=O) groups excluding carboxylic acids is 3. The second-order valence-electron chi connectivity index (χ2n) is 4.60. The number of rotatable bonds is 8. The summed E-state index contributed by atoms with van der Waals surface area (Å²) < 4.78 is 19.9. The Labute approximate surface area is 140 Å². The first-order valence-corrected chi connectivity index (χ1v) is 7.20. The van der Waals surface area contributed by atoms with Gasteiger partial charge in [-0.05, 0) is 32.1 Å². The van der Waals surface area contributed by atoms with E-state index in [1.807, 2.05) is 0 Å². The number of hydrogen-bond acceptors (Lipinski definition) is 7. The molecule has 1 aromatic rings. The van der Waals surface area contributed by atoms with Crippen molar-refractivity contribution in [1.82, 2.24) is 0 Å². The molecule has 0 heterocycles. The Morgan fingerprint density at radius 3 is 2.42 bits per heavy atom. The van der Waals surface area contributed by atoms with Crippen LogP contribution in [0, 0.1) is 0 Å². The Hall–Kier alpha value is -2.83. The van der Waals surface area contributed by atoms with E-state index in [4.69, 9.17) is 14.2 Å². The summed E-state index contributed by atoms with van der Waals surface area (Å²) in [4.78, 5) is 34.8. The lowest BCUT2D eigenvalue weighted by atomic mass is 10.1. The van der Waals surface area contributed by atoms with Gasteiger partial charge < -0.3 is 18.9 Å². The topological polar surface area (TPSA) is 88.1 Å². The predicted octanol–water partition coefficient (Wildman–Crippen LogP) is 1.78. The van der Waals surface area contributed by atoms with Crippen molar-refractivity contribution >= 4 is 23.8 Å². The molecule has 7 heteroatoms. The molecular formula is C17H20O7. The molecule has 0 bridgehead atoms. The van der Waals surface area contributed by atoms with Gasteiger partial charge in [0.05, 0.1) is 20.8 Å². The first-order chi connectivity index (χ1) is 11.4. The summed E-state index contributed by atoms with van der Waals surface area (Å²) in [5.41, 5.74) is 0.291. The van der Waals surface area contributed by atoms with Crippen molar-refractivity contribution in [2.24, 2.45) is 0 Å². The summed E-state index contributed by atoms with van der Waals surface area (Å²) in [6, 6.07) is 4.78. The van der Waals surface area contributed by atoms with E-state index in [-0.39, 0.29) is 24.5 Å². The quantitative estimate of drug-likeness (QED) is 0.309. The van der Waals surface area contributed by atoms with Gasteiger partial charge in [0.2, 0.25) is 0 Å². The Morgan fingerprint density at radius 2 is 1.88 bits per heavy atom. The Bertz CT molecular complexity index is 646. The van der Waals surface area contributed by atoms with Crippen molar-refractivity contribution < 1.29 is 33.3 Å². The van der Waals surface area contributed by atoms with Crippen molar-refractivity contribution in [1.29, 1.82) is 0 Å². The lowest BCUT2D eigenvalue weighted by molar-refractivity contribution is -0.145.